The lowest BCUT2D eigenvalue weighted by Crippen LogP contribution is -2.16. The first-order valence-electron chi connectivity index (χ1n) is 7.43. The third-order valence-electron chi connectivity index (χ3n) is 4.30. The minimum absolute atomic E-state index is 0.178. The Bertz CT molecular complexity index is 614. The molecule has 1 aromatic heterocycles. The van der Waals surface area contributed by atoms with E-state index in [0.717, 1.165) is 23.3 Å². The van der Waals surface area contributed by atoms with Gasteiger partial charge in [-0.1, -0.05) is 19.3 Å². The molecule has 0 saturated heterocycles. The number of imidazole rings is 1. The van der Waals surface area contributed by atoms with Crippen molar-refractivity contribution in [3.05, 3.63) is 29.3 Å². The van der Waals surface area contributed by atoms with Crippen molar-refractivity contribution in [2.24, 2.45) is 0 Å². The largest absolute Gasteiger partial charge is 0.325 e. The Kier molecular flexibility index (Phi) is 3.97. The predicted molar refractivity (Wildman–Crippen MR) is 81.0 cm³/mol. The van der Waals surface area contributed by atoms with E-state index in [4.69, 9.17) is 11.6 Å². The number of fused-ring (bicyclic) bond motifs is 1. The van der Waals surface area contributed by atoms with Crippen molar-refractivity contribution in [3.8, 4) is 0 Å². The van der Waals surface area contributed by atoms with E-state index in [0.29, 0.717) is 17.5 Å². The number of rotatable bonds is 3. The van der Waals surface area contributed by atoms with E-state index in [9.17, 15) is 4.39 Å². The maximum absolute atomic E-state index is 13.7. The zero-order valence-electron chi connectivity index (χ0n) is 11.8. The van der Waals surface area contributed by atoms with Crippen molar-refractivity contribution >= 4 is 22.6 Å². The van der Waals surface area contributed by atoms with E-state index < -0.39 is 0 Å². The minimum Gasteiger partial charge on any atom is -0.325 e. The highest BCUT2D eigenvalue weighted by molar-refractivity contribution is 6.17. The van der Waals surface area contributed by atoms with Crippen molar-refractivity contribution in [1.29, 1.82) is 0 Å². The van der Waals surface area contributed by atoms with Crippen LogP contribution in [0.1, 0.15) is 49.5 Å². The van der Waals surface area contributed by atoms with Crippen LogP contribution in [-0.4, -0.2) is 15.4 Å². The van der Waals surface area contributed by atoms with Crippen LogP contribution in [0.2, 0.25) is 0 Å². The Morgan fingerprint density at radius 3 is 2.75 bits per heavy atom. The number of hydrogen-bond acceptors (Lipinski definition) is 1. The molecular formula is C16H20ClFN2. The van der Waals surface area contributed by atoms with E-state index in [1.165, 1.54) is 32.1 Å². The van der Waals surface area contributed by atoms with E-state index in [1.54, 1.807) is 6.07 Å². The van der Waals surface area contributed by atoms with Crippen LogP contribution in [0.5, 0.6) is 0 Å². The maximum atomic E-state index is 13.7. The molecule has 108 valence electrons. The summed E-state index contributed by atoms with van der Waals surface area (Å²) in [5, 5.41) is 0. The van der Waals surface area contributed by atoms with Crippen LogP contribution in [0.3, 0.4) is 0 Å². The molecule has 1 aromatic carbocycles. The molecule has 0 spiro atoms. The predicted octanol–water partition coefficient (Wildman–Crippen LogP) is 4.77. The molecular weight excluding hydrogens is 275 g/mol. The second-order valence-electron chi connectivity index (χ2n) is 5.72. The van der Waals surface area contributed by atoms with E-state index in [1.807, 2.05) is 13.0 Å². The van der Waals surface area contributed by atoms with Gasteiger partial charge in [0.05, 0.1) is 11.0 Å². The van der Waals surface area contributed by atoms with E-state index >= 15 is 0 Å². The quantitative estimate of drug-likeness (QED) is 0.746. The minimum atomic E-state index is -0.178. The van der Waals surface area contributed by atoms with Crippen LogP contribution in [0, 0.1) is 12.7 Å². The Labute approximate surface area is 123 Å². The van der Waals surface area contributed by atoms with Crippen molar-refractivity contribution in [1.82, 2.24) is 9.55 Å². The number of aryl methyl sites for hydroxylation is 2. The van der Waals surface area contributed by atoms with Gasteiger partial charge in [-0.2, -0.15) is 0 Å². The monoisotopic (exact) mass is 294 g/mol. The third-order valence-corrected chi connectivity index (χ3v) is 4.49. The Hall–Kier alpha value is -1.09. The molecule has 0 N–H and O–H groups in total. The summed E-state index contributed by atoms with van der Waals surface area (Å²) in [6.07, 6.45) is 6.99. The van der Waals surface area contributed by atoms with Gasteiger partial charge in [0.15, 0.2) is 0 Å². The molecule has 0 atom stereocenters. The third kappa shape index (κ3) is 2.44. The fourth-order valence-corrected chi connectivity index (χ4v) is 3.45. The average molecular weight is 295 g/mol. The molecule has 2 aromatic rings. The summed E-state index contributed by atoms with van der Waals surface area (Å²) >= 11 is 5.91. The summed E-state index contributed by atoms with van der Waals surface area (Å²) in [7, 11) is 0. The molecule has 4 heteroatoms. The number of halogens is 2. The Morgan fingerprint density at radius 2 is 2.05 bits per heavy atom. The molecule has 2 nitrogen and oxygen atoms in total. The van der Waals surface area contributed by atoms with Gasteiger partial charge in [0.2, 0.25) is 0 Å². The van der Waals surface area contributed by atoms with Gasteiger partial charge in [-0.05, 0) is 31.4 Å². The fraction of sp³-hybridized carbons (Fsp3) is 0.562. The SMILES string of the molecule is Cc1cc2c(cc1F)nc(CCCl)n2C1CCCCC1. The zero-order valence-corrected chi connectivity index (χ0v) is 12.6. The van der Waals surface area contributed by atoms with Gasteiger partial charge in [0.25, 0.3) is 0 Å². The lowest BCUT2D eigenvalue weighted by Gasteiger charge is -2.25. The fourth-order valence-electron chi connectivity index (χ4n) is 3.28. The van der Waals surface area contributed by atoms with Gasteiger partial charge < -0.3 is 4.57 Å². The number of alkyl halides is 1. The zero-order chi connectivity index (χ0) is 14.1. The van der Waals surface area contributed by atoms with Gasteiger partial charge in [0.1, 0.15) is 11.6 Å². The van der Waals surface area contributed by atoms with Gasteiger partial charge in [-0.25, -0.2) is 9.37 Å². The average Bonchev–Trinajstić information content (AvgIpc) is 2.78. The molecule has 3 rings (SSSR count). The van der Waals surface area contributed by atoms with Gasteiger partial charge in [0, 0.05) is 24.4 Å². The van der Waals surface area contributed by atoms with Crippen LogP contribution in [0.15, 0.2) is 12.1 Å². The molecule has 0 amide bonds. The number of aromatic nitrogens is 2. The lowest BCUT2D eigenvalue weighted by molar-refractivity contribution is 0.353. The molecule has 0 bridgehead atoms. The smallest absolute Gasteiger partial charge is 0.128 e. The summed E-state index contributed by atoms with van der Waals surface area (Å²) in [6, 6.07) is 3.99. The number of hydrogen-bond donors (Lipinski definition) is 0. The second kappa shape index (κ2) is 5.72. The lowest BCUT2D eigenvalue weighted by atomic mass is 9.95. The van der Waals surface area contributed by atoms with Crippen LogP contribution < -0.4 is 0 Å². The molecule has 1 heterocycles. The standard InChI is InChI=1S/C16H20ClFN2/c1-11-9-15-14(10-13(11)18)19-16(7-8-17)20(15)12-5-3-2-4-6-12/h9-10,12H,2-8H2,1H3. The highest BCUT2D eigenvalue weighted by Crippen LogP contribution is 2.33. The van der Waals surface area contributed by atoms with Crippen molar-refractivity contribution in [2.75, 3.05) is 5.88 Å². The van der Waals surface area contributed by atoms with Crippen molar-refractivity contribution in [3.63, 3.8) is 0 Å². The van der Waals surface area contributed by atoms with Crippen molar-refractivity contribution < 1.29 is 4.39 Å². The first-order valence-corrected chi connectivity index (χ1v) is 7.97. The second-order valence-corrected chi connectivity index (χ2v) is 6.10. The first kappa shape index (κ1) is 13.9. The molecule has 1 fully saturated rings. The molecule has 0 radical (unpaired) electrons. The molecule has 1 aliphatic carbocycles. The summed E-state index contributed by atoms with van der Waals surface area (Å²) in [6.45, 7) is 1.81. The van der Waals surface area contributed by atoms with Gasteiger partial charge in [-0.15, -0.1) is 11.6 Å². The Balaban J connectivity index is 2.14. The van der Waals surface area contributed by atoms with Gasteiger partial charge in [-0.3, -0.25) is 0 Å². The molecule has 20 heavy (non-hydrogen) atoms. The summed E-state index contributed by atoms with van der Waals surface area (Å²) in [5.41, 5.74) is 2.52. The van der Waals surface area contributed by atoms with Crippen LogP contribution in [0.4, 0.5) is 4.39 Å². The van der Waals surface area contributed by atoms with Crippen LogP contribution >= 0.6 is 11.6 Å². The summed E-state index contributed by atoms with van der Waals surface area (Å²) in [4.78, 5) is 4.62. The molecule has 1 aliphatic rings. The highest BCUT2D eigenvalue weighted by atomic mass is 35.5. The van der Waals surface area contributed by atoms with E-state index in [-0.39, 0.29) is 5.82 Å². The van der Waals surface area contributed by atoms with E-state index in [2.05, 4.69) is 9.55 Å². The summed E-state index contributed by atoms with van der Waals surface area (Å²) in [5.74, 6) is 1.38. The number of benzene rings is 1. The molecule has 0 aliphatic heterocycles. The van der Waals surface area contributed by atoms with Crippen molar-refractivity contribution in [2.45, 2.75) is 51.5 Å². The van der Waals surface area contributed by atoms with Crippen LogP contribution in [-0.2, 0) is 6.42 Å². The van der Waals surface area contributed by atoms with Crippen LogP contribution in [0.25, 0.3) is 11.0 Å². The maximum Gasteiger partial charge on any atom is 0.128 e. The Morgan fingerprint density at radius 1 is 1.30 bits per heavy atom. The normalized spacial score (nSPS) is 16.9. The van der Waals surface area contributed by atoms with Gasteiger partial charge >= 0.3 is 0 Å². The first-order chi connectivity index (χ1) is 9.70. The molecule has 0 unspecified atom stereocenters. The topological polar surface area (TPSA) is 17.8 Å². The highest BCUT2D eigenvalue weighted by Gasteiger charge is 2.21. The number of nitrogens with zero attached hydrogens (tertiary/aromatic N) is 2. The molecule has 1 saturated carbocycles. The summed E-state index contributed by atoms with van der Waals surface area (Å²) < 4.78 is 16.1.